The molecule has 3 amide bonds. The van der Waals surface area contributed by atoms with Gasteiger partial charge in [-0.1, -0.05) is 72.8 Å². The van der Waals surface area contributed by atoms with E-state index in [1.807, 2.05) is 69.3 Å². The molecule has 2 fully saturated rings. The van der Waals surface area contributed by atoms with Crippen LogP contribution in [0.25, 0.3) is 0 Å². The highest BCUT2D eigenvalue weighted by Crippen LogP contribution is 2.36. The summed E-state index contributed by atoms with van der Waals surface area (Å²) >= 11 is 0. The van der Waals surface area contributed by atoms with Gasteiger partial charge in [0.25, 0.3) is 0 Å². The Labute approximate surface area is 456 Å². The normalized spacial score (nSPS) is 15.3. The van der Waals surface area contributed by atoms with Crippen LogP contribution in [-0.4, -0.2) is 74.5 Å². The minimum absolute atomic E-state index is 0.00449. The summed E-state index contributed by atoms with van der Waals surface area (Å²) in [4.78, 5) is 53.8. The maximum Gasteiger partial charge on any atom is 0.419 e. The van der Waals surface area contributed by atoms with Crippen LogP contribution in [0.15, 0.2) is 109 Å². The van der Waals surface area contributed by atoms with Crippen LogP contribution in [0.4, 0.5) is 54.4 Å². The summed E-state index contributed by atoms with van der Waals surface area (Å²) in [6, 6.07) is 29.7. The molecule has 79 heavy (non-hydrogen) atoms. The second-order valence-electron chi connectivity index (χ2n) is 21.0. The zero-order valence-corrected chi connectivity index (χ0v) is 45.0. The van der Waals surface area contributed by atoms with E-state index in [-0.39, 0.29) is 61.0 Å². The number of halogens is 6. The number of amides is 3. The molecule has 0 aliphatic carbocycles. The van der Waals surface area contributed by atoms with Crippen LogP contribution < -0.4 is 27.4 Å². The fourth-order valence-corrected chi connectivity index (χ4v) is 9.80. The van der Waals surface area contributed by atoms with Gasteiger partial charge in [-0.2, -0.15) is 26.3 Å². The Morgan fingerprint density at radius 1 is 0.608 bits per heavy atom. The molecular formula is C59H68F6N10O4. The zero-order chi connectivity index (χ0) is 57.1. The summed E-state index contributed by atoms with van der Waals surface area (Å²) in [6.07, 6.45) is -3.55. The lowest BCUT2D eigenvalue weighted by molar-refractivity contribution is -0.139. The summed E-state index contributed by atoms with van der Waals surface area (Å²) in [7, 11) is 0. The van der Waals surface area contributed by atoms with E-state index in [0.717, 1.165) is 67.9 Å². The SMILES string of the molecule is CC(C(N)=O)c1ccccc1CCc1nc(Nc2ccc(C3CCN(C(=O)OC(C)(C)C)CC3)cc2)ncc1C(F)(F)F.CC(C(N)=O)c1ccccc1CCc1nc(Nc2ccc(C3CCNCC3)cc2)ncc1C(F)(F)F. The fourth-order valence-electron chi connectivity index (χ4n) is 9.80. The number of aryl methyl sites for hydroxylation is 4. The molecule has 420 valence electrons. The molecular weight excluding hydrogens is 1030 g/mol. The highest BCUT2D eigenvalue weighted by molar-refractivity contribution is 5.82. The van der Waals surface area contributed by atoms with Gasteiger partial charge in [0.05, 0.1) is 34.4 Å². The minimum Gasteiger partial charge on any atom is -0.444 e. The molecule has 2 aliphatic rings. The van der Waals surface area contributed by atoms with Crippen LogP contribution in [0.3, 0.4) is 0 Å². The fraction of sp³-hybridized carbons (Fsp3) is 0.407. The van der Waals surface area contributed by atoms with Crippen molar-refractivity contribution in [3.8, 4) is 0 Å². The summed E-state index contributed by atoms with van der Waals surface area (Å²) in [6.45, 7) is 12.1. The average molecular weight is 1100 g/mol. The molecule has 2 aromatic heterocycles. The molecule has 4 aromatic carbocycles. The van der Waals surface area contributed by atoms with Gasteiger partial charge in [-0.15, -0.1) is 0 Å². The monoisotopic (exact) mass is 1090 g/mol. The van der Waals surface area contributed by atoms with Crippen LogP contribution >= 0.6 is 0 Å². The Balaban J connectivity index is 0.000000232. The van der Waals surface area contributed by atoms with E-state index in [1.54, 1.807) is 67.3 Å². The Bertz CT molecular complexity index is 3030. The van der Waals surface area contributed by atoms with Crippen LogP contribution in [0.1, 0.15) is 140 Å². The van der Waals surface area contributed by atoms with Gasteiger partial charge in [0.2, 0.25) is 23.7 Å². The van der Waals surface area contributed by atoms with E-state index in [0.29, 0.717) is 41.5 Å². The predicted octanol–water partition coefficient (Wildman–Crippen LogP) is 11.8. The summed E-state index contributed by atoms with van der Waals surface area (Å²) in [5, 5.41) is 9.41. The molecule has 20 heteroatoms. The maximum atomic E-state index is 13.8. The van der Waals surface area contributed by atoms with E-state index >= 15 is 0 Å². The molecule has 0 spiro atoms. The van der Waals surface area contributed by atoms with Gasteiger partial charge < -0.3 is 37.1 Å². The lowest BCUT2D eigenvalue weighted by Crippen LogP contribution is -2.41. The van der Waals surface area contributed by atoms with Crippen molar-refractivity contribution in [3.63, 3.8) is 0 Å². The smallest absolute Gasteiger partial charge is 0.419 e. The number of carbonyl (C=O) groups is 3. The summed E-state index contributed by atoms with van der Waals surface area (Å²) < 4.78 is 88.0. The number of nitrogens with one attached hydrogen (secondary N) is 3. The number of primary amides is 2. The molecule has 4 heterocycles. The maximum absolute atomic E-state index is 13.8. The van der Waals surface area contributed by atoms with Crippen molar-refractivity contribution in [1.29, 1.82) is 0 Å². The molecule has 14 nitrogen and oxygen atoms in total. The van der Waals surface area contributed by atoms with Gasteiger partial charge in [-0.25, -0.2) is 24.7 Å². The number of carbonyl (C=O) groups excluding carboxylic acids is 3. The van der Waals surface area contributed by atoms with Crippen LogP contribution in [0.2, 0.25) is 0 Å². The Kier molecular flexibility index (Phi) is 19.4. The highest BCUT2D eigenvalue weighted by atomic mass is 19.4. The Morgan fingerprint density at radius 2 is 1.00 bits per heavy atom. The third kappa shape index (κ3) is 16.5. The number of piperidine rings is 2. The molecule has 7 N–H and O–H groups in total. The first-order valence-corrected chi connectivity index (χ1v) is 26.5. The Morgan fingerprint density at radius 3 is 1.38 bits per heavy atom. The van der Waals surface area contributed by atoms with Crippen molar-refractivity contribution in [1.82, 2.24) is 30.2 Å². The second kappa shape index (κ2) is 25.9. The lowest BCUT2D eigenvalue weighted by Gasteiger charge is -2.33. The minimum atomic E-state index is -4.62. The number of hydrogen-bond acceptors (Lipinski definition) is 11. The third-order valence-corrected chi connectivity index (χ3v) is 14.3. The lowest BCUT2D eigenvalue weighted by atomic mass is 9.89. The number of hydrogen-bond donors (Lipinski definition) is 5. The van der Waals surface area contributed by atoms with E-state index in [1.165, 1.54) is 5.56 Å². The molecule has 2 unspecified atom stereocenters. The van der Waals surface area contributed by atoms with Crippen molar-refractivity contribution in [2.24, 2.45) is 11.5 Å². The van der Waals surface area contributed by atoms with E-state index < -0.39 is 52.7 Å². The Hall–Kier alpha value is -7.61. The first kappa shape index (κ1) is 59.1. The van der Waals surface area contributed by atoms with Gasteiger partial charge in [0.1, 0.15) is 5.60 Å². The largest absolute Gasteiger partial charge is 0.444 e. The molecule has 2 aliphatic heterocycles. The predicted molar refractivity (Wildman–Crippen MR) is 291 cm³/mol. The molecule has 8 rings (SSSR count). The number of anilines is 4. The number of likely N-dealkylation sites (tertiary alicyclic amines) is 1. The number of aromatic nitrogens is 4. The van der Waals surface area contributed by atoms with Crippen LogP contribution in [0.5, 0.6) is 0 Å². The van der Waals surface area contributed by atoms with Gasteiger partial charge in [0, 0.05) is 36.9 Å². The van der Waals surface area contributed by atoms with E-state index in [4.69, 9.17) is 16.2 Å². The molecule has 2 atom stereocenters. The van der Waals surface area contributed by atoms with Crippen LogP contribution in [-0.2, 0) is 52.4 Å². The van der Waals surface area contributed by atoms with Gasteiger partial charge in [0.15, 0.2) is 0 Å². The number of alkyl halides is 6. The molecule has 0 radical (unpaired) electrons. The first-order valence-electron chi connectivity index (χ1n) is 26.5. The van der Waals surface area contributed by atoms with Crippen molar-refractivity contribution in [3.05, 3.63) is 165 Å². The summed E-state index contributed by atoms with van der Waals surface area (Å²) in [5.74, 6) is -1.16. The van der Waals surface area contributed by atoms with E-state index in [2.05, 4.69) is 35.9 Å². The number of nitrogens with two attached hydrogens (primary N) is 2. The van der Waals surface area contributed by atoms with Gasteiger partial charge in [-0.3, -0.25) is 9.59 Å². The molecule has 0 bridgehead atoms. The third-order valence-electron chi connectivity index (χ3n) is 14.3. The zero-order valence-electron chi connectivity index (χ0n) is 45.0. The average Bonchev–Trinajstić information content (AvgIpc) is 3.42. The van der Waals surface area contributed by atoms with Crippen LogP contribution in [0, 0.1) is 0 Å². The van der Waals surface area contributed by atoms with Crippen molar-refractivity contribution >= 4 is 41.2 Å². The second-order valence-corrected chi connectivity index (χ2v) is 21.0. The first-order chi connectivity index (χ1) is 37.4. The molecule has 0 saturated carbocycles. The number of ether oxygens (including phenoxy) is 1. The van der Waals surface area contributed by atoms with E-state index in [9.17, 15) is 40.7 Å². The van der Waals surface area contributed by atoms with Crippen molar-refractivity contribution in [2.45, 2.75) is 128 Å². The number of nitrogens with zero attached hydrogens (tertiary/aromatic N) is 5. The molecule has 6 aromatic rings. The quantitative estimate of drug-likeness (QED) is 0.0577. The summed E-state index contributed by atoms with van der Waals surface area (Å²) in [5.41, 5.74) is 15.0. The number of rotatable bonds is 16. The van der Waals surface area contributed by atoms with Gasteiger partial charge in [-0.05, 0) is 169 Å². The highest BCUT2D eigenvalue weighted by Gasteiger charge is 2.36. The number of benzene rings is 4. The van der Waals surface area contributed by atoms with Gasteiger partial charge >= 0.3 is 18.4 Å². The van der Waals surface area contributed by atoms with Crippen molar-refractivity contribution < 1.29 is 45.5 Å². The van der Waals surface area contributed by atoms with Crippen molar-refractivity contribution in [2.75, 3.05) is 36.8 Å². The molecule has 2 saturated heterocycles. The topological polar surface area (TPSA) is 203 Å². The standard InChI is InChI=1S/C32H38F3N5O3.C27H30F3N5O/c1-20(28(36)41)25-8-6-5-7-23(25)11-14-27-26(32(33,34)35)19-37-29(39-27)38-24-12-9-21(10-13-24)22-15-17-40(18-16-22)30(42)43-31(2,3)4;1-17(25(31)36)22-5-3-2-4-20(22)8-11-24-23(27(28,29)30)16-33-26(35-24)34-21-9-6-18(7-10-21)19-12-14-32-15-13-19/h5-10,12-13,19-20,22H,11,14-18H2,1-4H3,(H2,36,41)(H,37,38,39);2-7,9-10,16-17,19,32H,8,11-15H2,1H3,(H2,31,36)(H,33,34,35).